The first-order valence-corrected chi connectivity index (χ1v) is 10.3. The summed E-state index contributed by atoms with van der Waals surface area (Å²) in [6, 6.07) is 14.8. The van der Waals surface area contributed by atoms with Gasteiger partial charge >= 0.3 is 0 Å². The summed E-state index contributed by atoms with van der Waals surface area (Å²) in [5, 5.41) is 11.9. The van der Waals surface area contributed by atoms with E-state index in [0.717, 1.165) is 37.0 Å². The first-order valence-electron chi connectivity index (χ1n) is 9.96. The van der Waals surface area contributed by atoms with Gasteiger partial charge in [0.1, 0.15) is 5.75 Å². The van der Waals surface area contributed by atoms with Gasteiger partial charge in [-0.3, -0.25) is 4.79 Å². The van der Waals surface area contributed by atoms with Crippen LogP contribution in [0.15, 0.2) is 48.5 Å². The zero-order chi connectivity index (χ0) is 19.7. The summed E-state index contributed by atoms with van der Waals surface area (Å²) >= 11 is 6.33. The summed E-state index contributed by atoms with van der Waals surface area (Å²) in [6.45, 7) is 0.500. The maximum absolute atomic E-state index is 13.5. The SMILES string of the molecule is COc1ccccc1[C@@H]1[C@H]2CCCC[C@@]2(O)CCN1C(=O)c1ccccc1Cl. The molecule has 4 nitrogen and oxygen atoms in total. The van der Waals surface area contributed by atoms with Crippen molar-refractivity contribution < 1.29 is 14.6 Å². The molecule has 1 saturated heterocycles. The molecule has 2 fully saturated rings. The quantitative estimate of drug-likeness (QED) is 0.802. The average molecular weight is 400 g/mol. The van der Waals surface area contributed by atoms with Gasteiger partial charge in [-0.05, 0) is 37.5 Å². The maximum atomic E-state index is 13.5. The lowest BCUT2D eigenvalue weighted by Gasteiger charge is -2.52. The van der Waals surface area contributed by atoms with Crippen LogP contribution in [0, 0.1) is 5.92 Å². The molecule has 0 aromatic heterocycles. The van der Waals surface area contributed by atoms with E-state index in [1.165, 1.54) is 0 Å². The first-order chi connectivity index (χ1) is 13.5. The predicted molar refractivity (Wildman–Crippen MR) is 110 cm³/mol. The number of hydrogen-bond acceptors (Lipinski definition) is 3. The van der Waals surface area contributed by atoms with E-state index in [1.54, 1.807) is 19.2 Å². The fourth-order valence-corrected chi connectivity index (χ4v) is 5.21. The highest BCUT2D eigenvalue weighted by atomic mass is 35.5. The molecule has 148 valence electrons. The van der Waals surface area contributed by atoms with E-state index in [2.05, 4.69) is 0 Å². The van der Waals surface area contributed by atoms with Gasteiger partial charge in [0, 0.05) is 18.0 Å². The van der Waals surface area contributed by atoms with Crippen molar-refractivity contribution in [1.82, 2.24) is 4.90 Å². The Morgan fingerprint density at radius 3 is 2.68 bits per heavy atom. The molecule has 1 aliphatic carbocycles. The van der Waals surface area contributed by atoms with Crippen LogP contribution >= 0.6 is 11.6 Å². The number of piperidine rings is 1. The van der Waals surface area contributed by atoms with Gasteiger partial charge < -0.3 is 14.7 Å². The minimum absolute atomic E-state index is 0.0160. The van der Waals surface area contributed by atoms with Crippen LogP contribution in [0.1, 0.15) is 54.1 Å². The van der Waals surface area contributed by atoms with Crippen LogP contribution < -0.4 is 4.74 Å². The van der Waals surface area contributed by atoms with Crippen LogP contribution in [-0.2, 0) is 0 Å². The molecule has 2 aliphatic rings. The minimum atomic E-state index is -0.735. The summed E-state index contributed by atoms with van der Waals surface area (Å²) in [4.78, 5) is 15.4. The number of aliphatic hydroxyl groups is 1. The topological polar surface area (TPSA) is 49.8 Å². The molecule has 1 N–H and O–H groups in total. The number of amides is 1. The van der Waals surface area contributed by atoms with Crippen molar-refractivity contribution in [3.63, 3.8) is 0 Å². The van der Waals surface area contributed by atoms with Crippen molar-refractivity contribution in [2.24, 2.45) is 5.92 Å². The molecule has 3 atom stereocenters. The van der Waals surface area contributed by atoms with Crippen molar-refractivity contribution in [3.05, 3.63) is 64.7 Å². The van der Waals surface area contributed by atoms with Gasteiger partial charge in [-0.2, -0.15) is 0 Å². The van der Waals surface area contributed by atoms with Crippen LogP contribution in [0.4, 0.5) is 0 Å². The molecule has 1 heterocycles. The number of halogens is 1. The summed E-state index contributed by atoms with van der Waals surface area (Å²) in [5.41, 5.74) is 0.724. The molecule has 0 bridgehead atoms. The molecule has 5 heteroatoms. The van der Waals surface area contributed by atoms with E-state index in [4.69, 9.17) is 16.3 Å². The number of likely N-dealkylation sites (tertiary alicyclic amines) is 1. The second kappa shape index (κ2) is 7.76. The van der Waals surface area contributed by atoms with E-state index in [-0.39, 0.29) is 17.9 Å². The van der Waals surface area contributed by atoms with Crippen molar-refractivity contribution >= 4 is 17.5 Å². The molecule has 1 aliphatic heterocycles. The van der Waals surface area contributed by atoms with Crippen LogP contribution in [0.25, 0.3) is 0 Å². The normalized spacial score (nSPS) is 27.2. The number of carbonyl (C=O) groups excluding carboxylic acids is 1. The lowest BCUT2D eigenvalue weighted by atomic mass is 9.66. The Balaban J connectivity index is 1.80. The van der Waals surface area contributed by atoms with E-state index in [0.29, 0.717) is 23.6 Å². The number of fused-ring (bicyclic) bond motifs is 1. The molecule has 28 heavy (non-hydrogen) atoms. The van der Waals surface area contributed by atoms with Crippen molar-refractivity contribution in [2.45, 2.75) is 43.7 Å². The Labute approximate surface area is 171 Å². The standard InChI is InChI=1S/C23H26ClNO3/c1-28-20-12-5-3-9-17(20)21-18-10-6-7-13-23(18,27)14-15-25(21)22(26)16-8-2-4-11-19(16)24/h2-5,8-9,11-12,18,21,27H,6-7,10,13-15H2,1H3/t18-,21-,23-/m1/s1. The van der Waals surface area contributed by atoms with Crippen LogP contribution in [-0.4, -0.2) is 35.2 Å². The van der Waals surface area contributed by atoms with Crippen LogP contribution in [0.5, 0.6) is 5.75 Å². The number of rotatable bonds is 3. The highest BCUT2D eigenvalue weighted by molar-refractivity contribution is 6.33. The van der Waals surface area contributed by atoms with E-state index in [9.17, 15) is 9.90 Å². The van der Waals surface area contributed by atoms with Crippen molar-refractivity contribution in [2.75, 3.05) is 13.7 Å². The fraction of sp³-hybridized carbons (Fsp3) is 0.435. The minimum Gasteiger partial charge on any atom is -0.496 e. The number of ether oxygens (including phenoxy) is 1. The molecular weight excluding hydrogens is 374 g/mol. The van der Waals surface area contributed by atoms with Gasteiger partial charge in [0.15, 0.2) is 0 Å². The highest BCUT2D eigenvalue weighted by Gasteiger charge is 2.51. The number of methoxy groups -OCH3 is 1. The van der Waals surface area contributed by atoms with Crippen molar-refractivity contribution in [3.8, 4) is 5.75 Å². The largest absolute Gasteiger partial charge is 0.496 e. The molecule has 1 saturated carbocycles. The fourth-order valence-electron chi connectivity index (χ4n) is 4.99. The van der Waals surface area contributed by atoms with Crippen LogP contribution in [0.3, 0.4) is 0 Å². The lowest BCUT2D eigenvalue weighted by Crippen LogP contribution is -2.56. The smallest absolute Gasteiger partial charge is 0.255 e. The number of benzene rings is 2. The third kappa shape index (κ3) is 3.29. The Kier molecular flexibility index (Phi) is 5.35. The average Bonchev–Trinajstić information content (AvgIpc) is 2.72. The van der Waals surface area contributed by atoms with E-state index in [1.807, 2.05) is 41.3 Å². The molecule has 4 rings (SSSR count). The zero-order valence-electron chi connectivity index (χ0n) is 16.1. The predicted octanol–water partition coefficient (Wildman–Crippen LogP) is 4.86. The monoisotopic (exact) mass is 399 g/mol. The van der Waals surface area contributed by atoms with Gasteiger partial charge in [0.05, 0.1) is 29.3 Å². The zero-order valence-corrected chi connectivity index (χ0v) is 16.9. The van der Waals surface area contributed by atoms with Gasteiger partial charge in [-0.1, -0.05) is 54.8 Å². The Bertz CT molecular complexity index is 870. The highest BCUT2D eigenvalue weighted by Crippen LogP contribution is 2.51. The summed E-state index contributed by atoms with van der Waals surface area (Å²) in [7, 11) is 1.65. The Morgan fingerprint density at radius 1 is 1.14 bits per heavy atom. The first kappa shape index (κ1) is 19.3. The molecule has 0 radical (unpaired) electrons. The number of nitrogens with zero attached hydrogens (tertiary/aromatic N) is 1. The molecular formula is C23H26ClNO3. The molecule has 2 aromatic carbocycles. The lowest BCUT2D eigenvalue weighted by molar-refractivity contribution is -0.115. The van der Waals surface area contributed by atoms with Gasteiger partial charge in [0.25, 0.3) is 5.91 Å². The van der Waals surface area contributed by atoms with Gasteiger partial charge in [-0.15, -0.1) is 0 Å². The van der Waals surface area contributed by atoms with Crippen LogP contribution in [0.2, 0.25) is 5.02 Å². The van der Waals surface area contributed by atoms with Crippen molar-refractivity contribution in [1.29, 1.82) is 0 Å². The number of carbonyl (C=O) groups is 1. The number of para-hydroxylation sites is 1. The Morgan fingerprint density at radius 2 is 1.89 bits per heavy atom. The summed E-state index contributed by atoms with van der Waals surface area (Å²) in [6.07, 6.45) is 4.37. The number of hydrogen-bond donors (Lipinski definition) is 1. The van der Waals surface area contributed by atoms with E-state index < -0.39 is 5.60 Å². The van der Waals surface area contributed by atoms with Gasteiger partial charge in [0.2, 0.25) is 0 Å². The molecule has 2 aromatic rings. The molecule has 1 amide bonds. The van der Waals surface area contributed by atoms with Gasteiger partial charge in [-0.25, -0.2) is 0 Å². The Hall–Kier alpha value is -2.04. The summed E-state index contributed by atoms with van der Waals surface area (Å²) in [5.74, 6) is 0.645. The third-order valence-corrected chi connectivity index (χ3v) is 6.72. The molecule has 0 unspecified atom stereocenters. The molecule has 0 spiro atoms. The summed E-state index contributed by atoms with van der Waals surface area (Å²) < 4.78 is 5.62. The third-order valence-electron chi connectivity index (χ3n) is 6.39. The second-order valence-corrected chi connectivity index (χ2v) is 8.28. The second-order valence-electron chi connectivity index (χ2n) is 7.87. The van der Waals surface area contributed by atoms with E-state index >= 15 is 0 Å². The maximum Gasteiger partial charge on any atom is 0.255 e.